The molecule has 1 aromatic heterocycles. The second-order valence-corrected chi connectivity index (χ2v) is 4.64. The summed E-state index contributed by atoms with van der Waals surface area (Å²) in [6.07, 6.45) is 1.67. The average molecular weight is 284 g/mol. The van der Waals surface area contributed by atoms with E-state index < -0.39 is 0 Å². The molecule has 1 heterocycles. The van der Waals surface area contributed by atoms with Gasteiger partial charge in [-0.2, -0.15) is 5.26 Å². The first-order chi connectivity index (χ1) is 10.1. The summed E-state index contributed by atoms with van der Waals surface area (Å²) >= 11 is 0. The average Bonchev–Trinajstić information content (AvgIpc) is 2.91. The molecule has 0 spiro atoms. The van der Waals surface area contributed by atoms with Gasteiger partial charge in [0.15, 0.2) is 0 Å². The molecule has 2 N–H and O–H groups in total. The number of aromatic nitrogens is 2. The molecule has 2 rings (SSSR count). The number of rotatable bonds is 5. The van der Waals surface area contributed by atoms with Crippen molar-refractivity contribution in [2.24, 2.45) is 0 Å². The Labute approximate surface area is 122 Å². The lowest BCUT2D eigenvalue weighted by Crippen LogP contribution is -2.33. The van der Waals surface area contributed by atoms with E-state index in [4.69, 9.17) is 10.4 Å². The third-order valence-electron chi connectivity index (χ3n) is 3.01. The van der Waals surface area contributed by atoms with Gasteiger partial charge in [-0.3, -0.25) is 4.79 Å². The predicted octanol–water partition coefficient (Wildman–Crippen LogP) is 1.22. The highest BCUT2D eigenvalue weighted by molar-refractivity contribution is 5.94. The van der Waals surface area contributed by atoms with Crippen LogP contribution in [0.5, 0.6) is 0 Å². The molecule has 1 aromatic carbocycles. The number of carbonyl (C=O) groups excluding carboxylic acids is 1. The number of hydrogen-bond acceptors (Lipinski definition) is 4. The van der Waals surface area contributed by atoms with Gasteiger partial charge >= 0.3 is 0 Å². The van der Waals surface area contributed by atoms with Crippen molar-refractivity contribution in [1.29, 1.82) is 5.26 Å². The van der Waals surface area contributed by atoms with Gasteiger partial charge < -0.3 is 15.0 Å². The Morgan fingerprint density at radius 2 is 2.33 bits per heavy atom. The third-order valence-corrected chi connectivity index (χ3v) is 3.01. The van der Waals surface area contributed by atoms with Crippen LogP contribution in [-0.2, 0) is 6.54 Å². The van der Waals surface area contributed by atoms with Crippen molar-refractivity contribution in [3.8, 4) is 6.07 Å². The number of aryl methyl sites for hydroxylation is 1. The minimum atomic E-state index is -0.228. The van der Waals surface area contributed by atoms with Crippen molar-refractivity contribution in [3.63, 3.8) is 0 Å². The van der Waals surface area contributed by atoms with Crippen LogP contribution in [-0.4, -0.2) is 39.0 Å². The number of nitrogens with zero attached hydrogens (tertiary/aromatic N) is 3. The van der Waals surface area contributed by atoms with Crippen LogP contribution in [0.1, 0.15) is 27.4 Å². The number of aliphatic hydroxyl groups is 1. The van der Waals surface area contributed by atoms with E-state index in [9.17, 15) is 4.79 Å². The Morgan fingerprint density at radius 1 is 1.52 bits per heavy atom. The second kappa shape index (κ2) is 6.68. The highest BCUT2D eigenvalue weighted by atomic mass is 16.3. The highest BCUT2D eigenvalue weighted by Crippen LogP contribution is 2.11. The topological polar surface area (TPSA) is 93.0 Å². The zero-order chi connectivity index (χ0) is 15.2. The Bertz CT molecular complexity index is 672. The molecule has 1 amide bonds. The van der Waals surface area contributed by atoms with Gasteiger partial charge in [0.05, 0.1) is 36.7 Å². The SMILES string of the molecule is Cc1ncc(CN(CCO)C(=O)c2cccc(C#N)c2)[nH]1. The molecule has 108 valence electrons. The smallest absolute Gasteiger partial charge is 0.254 e. The Balaban J connectivity index is 2.20. The maximum absolute atomic E-state index is 12.5. The van der Waals surface area contributed by atoms with Crippen LogP contribution in [0.3, 0.4) is 0 Å². The first-order valence-corrected chi connectivity index (χ1v) is 6.55. The molecule has 6 nitrogen and oxygen atoms in total. The lowest BCUT2D eigenvalue weighted by atomic mass is 10.1. The molecule has 21 heavy (non-hydrogen) atoms. The van der Waals surface area contributed by atoms with Gasteiger partial charge in [-0.15, -0.1) is 0 Å². The van der Waals surface area contributed by atoms with E-state index >= 15 is 0 Å². The summed E-state index contributed by atoms with van der Waals surface area (Å²) < 4.78 is 0. The van der Waals surface area contributed by atoms with Gasteiger partial charge in [-0.1, -0.05) is 6.07 Å². The van der Waals surface area contributed by atoms with Crippen molar-refractivity contribution in [1.82, 2.24) is 14.9 Å². The third kappa shape index (κ3) is 3.68. The van der Waals surface area contributed by atoms with Crippen LogP contribution < -0.4 is 0 Å². The quantitative estimate of drug-likeness (QED) is 0.863. The lowest BCUT2D eigenvalue weighted by molar-refractivity contribution is 0.0705. The summed E-state index contributed by atoms with van der Waals surface area (Å²) in [5.74, 6) is 0.543. The number of hydrogen-bond donors (Lipinski definition) is 2. The number of nitrogens with one attached hydrogen (secondary N) is 1. The molecular formula is C15H16N4O2. The largest absolute Gasteiger partial charge is 0.395 e. The molecule has 0 aliphatic carbocycles. The standard InChI is InChI=1S/C15H16N4O2/c1-11-17-9-14(18-11)10-19(5-6-20)15(21)13-4-2-3-12(7-13)8-16/h2-4,7,9,20H,5-6,10H2,1H3,(H,17,18). The summed E-state index contributed by atoms with van der Waals surface area (Å²) in [6, 6.07) is 8.53. The first-order valence-electron chi connectivity index (χ1n) is 6.55. The molecule has 6 heteroatoms. The van der Waals surface area contributed by atoms with E-state index in [1.807, 2.05) is 13.0 Å². The van der Waals surface area contributed by atoms with E-state index in [0.717, 1.165) is 11.5 Å². The van der Waals surface area contributed by atoms with Gasteiger partial charge in [0.1, 0.15) is 5.82 Å². The van der Waals surface area contributed by atoms with Crippen LogP contribution >= 0.6 is 0 Å². The maximum atomic E-state index is 12.5. The van der Waals surface area contributed by atoms with Crippen molar-refractivity contribution >= 4 is 5.91 Å². The number of H-pyrrole nitrogens is 1. The Morgan fingerprint density at radius 3 is 2.95 bits per heavy atom. The van der Waals surface area contributed by atoms with Crippen molar-refractivity contribution in [3.05, 3.63) is 53.1 Å². The summed E-state index contributed by atoms with van der Waals surface area (Å²) in [6.45, 7) is 2.25. The number of imidazole rings is 1. The molecular weight excluding hydrogens is 268 g/mol. The van der Waals surface area contributed by atoms with Gasteiger partial charge in [0.25, 0.3) is 5.91 Å². The van der Waals surface area contributed by atoms with Crippen LogP contribution in [0.15, 0.2) is 30.5 Å². The number of aliphatic hydroxyl groups excluding tert-OH is 1. The van der Waals surface area contributed by atoms with E-state index in [1.54, 1.807) is 30.5 Å². The predicted molar refractivity (Wildman–Crippen MR) is 76.3 cm³/mol. The molecule has 0 saturated heterocycles. The van der Waals surface area contributed by atoms with Gasteiger partial charge in [-0.05, 0) is 25.1 Å². The Kier molecular flexibility index (Phi) is 4.69. The first kappa shape index (κ1) is 14.8. The van der Waals surface area contributed by atoms with Crippen LogP contribution in [0.4, 0.5) is 0 Å². The van der Waals surface area contributed by atoms with E-state index in [1.165, 1.54) is 4.90 Å². The van der Waals surface area contributed by atoms with Gasteiger partial charge in [0.2, 0.25) is 0 Å². The van der Waals surface area contributed by atoms with Crippen molar-refractivity contribution in [2.45, 2.75) is 13.5 Å². The minimum Gasteiger partial charge on any atom is -0.395 e. The highest BCUT2D eigenvalue weighted by Gasteiger charge is 2.17. The number of amides is 1. The molecule has 0 atom stereocenters. The molecule has 0 fully saturated rings. The summed E-state index contributed by atoms with van der Waals surface area (Å²) in [7, 11) is 0. The molecule has 0 radical (unpaired) electrons. The normalized spacial score (nSPS) is 10.1. The number of nitriles is 1. The van der Waals surface area contributed by atoms with Crippen molar-refractivity contribution < 1.29 is 9.90 Å². The molecule has 0 aliphatic heterocycles. The molecule has 0 saturated carbocycles. The van der Waals surface area contributed by atoms with Crippen LogP contribution in [0, 0.1) is 18.3 Å². The van der Waals surface area contributed by atoms with E-state index in [2.05, 4.69) is 9.97 Å². The molecule has 0 bridgehead atoms. The monoisotopic (exact) mass is 284 g/mol. The fraction of sp³-hybridized carbons (Fsp3) is 0.267. The molecule has 0 aliphatic rings. The number of aromatic amines is 1. The fourth-order valence-corrected chi connectivity index (χ4v) is 2.04. The molecule has 2 aromatic rings. The van der Waals surface area contributed by atoms with E-state index in [-0.39, 0.29) is 19.1 Å². The number of carbonyl (C=O) groups is 1. The zero-order valence-corrected chi connectivity index (χ0v) is 11.7. The number of benzene rings is 1. The second-order valence-electron chi connectivity index (χ2n) is 4.64. The minimum absolute atomic E-state index is 0.128. The van der Waals surface area contributed by atoms with Crippen LogP contribution in [0.2, 0.25) is 0 Å². The van der Waals surface area contributed by atoms with Gasteiger partial charge in [0, 0.05) is 12.1 Å². The summed E-state index contributed by atoms with van der Waals surface area (Å²) in [4.78, 5) is 21.1. The zero-order valence-electron chi connectivity index (χ0n) is 11.7. The van der Waals surface area contributed by atoms with Gasteiger partial charge in [-0.25, -0.2) is 4.98 Å². The molecule has 0 unspecified atom stereocenters. The van der Waals surface area contributed by atoms with E-state index in [0.29, 0.717) is 17.7 Å². The summed E-state index contributed by atoms with van der Waals surface area (Å²) in [5, 5.41) is 18.0. The maximum Gasteiger partial charge on any atom is 0.254 e. The lowest BCUT2D eigenvalue weighted by Gasteiger charge is -2.21. The van der Waals surface area contributed by atoms with Crippen molar-refractivity contribution in [2.75, 3.05) is 13.2 Å². The summed E-state index contributed by atoms with van der Waals surface area (Å²) in [5.41, 5.74) is 1.66. The fourth-order valence-electron chi connectivity index (χ4n) is 2.04. The van der Waals surface area contributed by atoms with Crippen LogP contribution in [0.25, 0.3) is 0 Å². The Hall–Kier alpha value is -2.65.